The van der Waals surface area contributed by atoms with Crippen molar-refractivity contribution in [3.63, 3.8) is 0 Å². The van der Waals surface area contributed by atoms with Crippen molar-refractivity contribution in [2.24, 2.45) is 0 Å². The Morgan fingerprint density at radius 3 is 3.00 bits per heavy atom. The minimum Gasteiger partial charge on any atom is -0.496 e. The molecule has 4 nitrogen and oxygen atoms in total. The molecule has 1 unspecified atom stereocenters. The van der Waals surface area contributed by atoms with Gasteiger partial charge < -0.3 is 14.8 Å². The minimum absolute atomic E-state index is 0.453. The highest BCUT2D eigenvalue weighted by Gasteiger charge is 2.14. The van der Waals surface area contributed by atoms with Crippen LogP contribution in [0.25, 0.3) is 0 Å². The van der Waals surface area contributed by atoms with Crippen LogP contribution in [0.4, 0.5) is 0 Å². The van der Waals surface area contributed by atoms with Gasteiger partial charge in [0.05, 0.1) is 18.9 Å². The Hall–Kier alpha value is -1.13. The number of methoxy groups -OCH3 is 1. The fraction of sp³-hybridized carbons (Fsp3) is 0.667. The summed E-state index contributed by atoms with van der Waals surface area (Å²) in [5.74, 6) is 0.950. The highest BCUT2D eigenvalue weighted by atomic mass is 16.5. The molecule has 1 N–H and O–H groups in total. The second kappa shape index (κ2) is 6.87. The average molecular weight is 264 g/mol. The van der Waals surface area contributed by atoms with E-state index in [1.54, 1.807) is 7.11 Å². The maximum Gasteiger partial charge on any atom is 0.128 e. The lowest BCUT2D eigenvalue weighted by atomic mass is 10.1. The number of rotatable bonds is 6. The lowest BCUT2D eigenvalue weighted by molar-refractivity contribution is 0.104. The van der Waals surface area contributed by atoms with Crippen molar-refractivity contribution in [3.05, 3.63) is 23.0 Å². The zero-order chi connectivity index (χ0) is 13.7. The van der Waals surface area contributed by atoms with Gasteiger partial charge in [-0.15, -0.1) is 0 Å². The van der Waals surface area contributed by atoms with Crippen LogP contribution in [0.1, 0.15) is 36.1 Å². The fourth-order valence-corrected chi connectivity index (χ4v) is 2.59. The molecule has 0 aromatic carbocycles. The molecule has 1 aliphatic rings. The third-order valence-electron chi connectivity index (χ3n) is 3.71. The SMILES string of the molecule is COc1c(C)cnc(CNCCC2CCCO2)c1C. The van der Waals surface area contributed by atoms with Gasteiger partial charge in [0.25, 0.3) is 0 Å². The molecule has 0 bridgehead atoms. The largest absolute Gasteiger partial charge is 0.496 e. The lowest BCUT2D eigenvalue weighted by Crippen LogP contribution is -2.21. The first kappa shape index (κ1) is 14.3. The summed E-state index contributed by atoms with van der Waals surface area (Å²) in [5.41, 5.74) is 3.28. The van der Waals surface area contributed by atoms with Crippen molar-refractivity contribution >= 4 is 0 Å². The number of hydrogen-bond donors (Lipinski definition) is 1. The molecule has 0 saturated carbocycles. The zero-order valence-corrected chi connectivity index (χ0v) is 12.2. The number of hydrogen-bond acceptors (Lipinski definition) is 4. The number of aryl methyl sites for hydroxylation is 1. The number of ether oxygens (including phenoxy) is 2. The van der Waals surface area contributed by atoms with Crippen LogP contribution < -0.4 is 10.1 Å². The number of nitrogens with zero attached hydrogens (tertiary/aromatic N) is 1. The second-order valence-corrected chi connectivity index (χ2v) is 5.15. The van der Waals surface area contributed by atoms with Crippen molar-refractivity contribution in [3.8, 4) is 5.75 Å². The molecule has 0 amide bonds. The smallest absolute Gasteiger partial charge is 0.128 e. The van der Waals surface area contributed by atoms with Gasteiger partial charge in [0.15, 0.2) is 0 Å². The van der Waals surface area contributed by atoms with Crippen LogP contribution in [0.5, 0.6) is 5.75 Å². The van der Waals surface area contributed by atoms with E-state index in [-0.39, 0.29) is 0 Å². The molecule has 1 fully saturated rings. The average Bonchev–Trinajstić information content (AvgIpc) is 2.90. The monoisotopic (exact) mass is 264 g/mol. The third-order valence-corrected chi connectivity index (χ3v) is 3.71. The van der Waals surface area contributed by atoms with Gasteiger partial charge in [-0.3, -0.25) is 4.98 Å². The molecule has 1 atom stereocenters. The molecule has 1 aliphatic heterocycles. The highest BCUT2D eigenvalue weighted by Crippen LogP contribution is 2.23. The first-order valence-corrected chi connectivity index (χ1v) is 7.03. The van der Waals surface area contributed by atoms with Crippen LogP contribution >= 0.6 is 0 Å². The summed E-state index contributed by atoms with van der Waals surface area (Å²) in [6.45, 7) is 6.78. The molecule has 106 valence electrons. The molecule has 2 heterocycles. The molecular weight excluding hydrogens is 240 g/mol. The van der Waals surface area contributed by atoms with Gasteiger partial charge in [0, 0.05) is 30.5 Å². The molecule has 19 heavy (non-hydrogen) atoms. The van der Waals surface area contributed by atoms with E-state index < -0.39 is 0 Å². The molecule has 4 heteroatoms. The molecule has 1 aromatic heterocycles. The Balaban J connectivity index is 1.82. The second-order valence-electron chi connectivity index (χ2n) is 5.15. The van der Waals surface area contributed by atoms with E-state index in [0.717, 1.165) is 48.7 Å². The highest BCUT2D eigenvalue weighted by molar-refractivity contribution is 5.40. The van der Waals surface area contributed by atoms with Crippen LogP contribution in [-0.4, -0.2) is 31.3 Å². The predicted molar refractivity (Wildman–Crippen MR) is 75.6 cm³/mol. The summed E-state index contributed by atoms with van der Waals surface area (Å²) < 4.78 is 11.0. The minimum atomic E-state index is 0.453. The van der Waals surface area contributed by atoms with E-state index in [2.05, 4.69) is 17.2 Å². The Morgan fingerprint density at radius 2 is 2.32 bits per heavy atom. The van der Waals surface area contributed by atoms with Gasteiger partial charge in [0.1, 0.15) is 5.75 Å². The molecular formula is C15H24N2O2. The van der Waals surface area contributed by atoms with Gasteiger partial charge in [0.2, 0.25) is 0 Å². The number of pyridine rings is 1. The Labute approximate surface area is 115 Å². The van der Waals surface area contributed by atoms with Crippen molar-refractivity contribution in [2.75, 3.05) is 20.3 Å². The van der Waals surface area contributed by atoms with Gasteiger partial charge in [-0.1, -0.05) is 0 Å². The lowest BCUT2D eigenvalue weighted by Gasteiger charge is -2.13. The van der Waals surface area contributed by atoms with Crippen LogP contribution in [0.2, 0.25) is 0 Å². The Bertz CT molecular complexity index is 415. The fourth-order valence-electron chi connectivity index (χ4n) is 2.59. The van der Waals surface area contributed by atoms with Crippen LogP contribution in [0.15, 0.2) is 6.20 Å². The van der Waals surface area contributed by atoms with E-state index in [1.165, 1.54) is 12.8 Å². The maximum absolute atomic E-state index is 5.61. The van der Waals surface area contributed by atoms with E-state index in [1.807, 2.05) is 13.1 Å². The van der Waals surface area contributed by atoms with E-state index in [4.69, 9.17) is 9.47 Å². The summed E-state index contributed by atoms with van der Waals surface area (Å²) >= 11 is 0. The quantitative estimate of drug-likeness (QED) is 0.801. The molecule has 0 aliphatic carbocycles. The molecule has 1 aromatic rings. The maximum atomic E-state index is 5.61. The molecule has 1 saturated heterocycles. The first-order chi connectivity index (χ1) is 9.22. The normalized spacial score (nSPS) is 18.8. The van der Waals surface area contributed by atoms with Crippen molar-refractivity contribution in [1.82, 2.24) is 10.3 Å². The third kappa shape index (κ3) is 3.67. The summed E-state index contributed by atoms with van der Waals surface area (Å²) in [6, 6.07) is 0. The molecule has 0 radical (unpaired) electrons. The predicted octanol–water partition coefficient (Wildman–Crippen LogP) is 2.37. The number of nitrogens with one attached hydrogen (secondary N) is 1. The van der Waals surface area contributed by atoms with Crippen molar-refractivity contribution in [2.45, 2.75) is 45.8 Å². The first-order valence-electron chi connectivity index (χ1n) is 7.03. The van der Waals surface area contributed by atoms with Gasteiger partial charge in [-0.2, -0.15) is 0 Å². The summed E-state index contributed by atoms with van der Waals surface area (Å²) in [7, 11) is 1.71. The summed E-state index contributed by atoms with van der Waals surface area (Å²) in [4.78, 5) is 4.48. The topological polar surface area (TPSA) is 43.4 Å². The summed E-state index contributed by atoms with van der Waals surface area (Å²) in [5, 5.41) is 3.44. The van der Waals surface area contributed by atoms with Gasteiger partial charge >= 0.3 is 0 Å². The van der Waals surface area contributed by atoms with E-state index >= 15 is 0 Å². The standard InChI is InChI=1S/C15H24N2O2/c1-11-9-17-14(12(2)15(11)18-3)10-16-7-6-13-5-4-8-19-13/h9,13,16H,4-8,10H2,1-3H3. The van der Waals surface area contributed by atoms with Crippen LogP contribution in [0, 0.1) is 13.8 Å². The van der Waals surface area contributed by atoms with Crippen LogP contribution in [0.3, 0.4) is 0 Å². The van der Waals surface area contributed by atoms with E-state index in [9.17, 15) is 0 Å². The number of aromatic nitrogens is 1. The Kier molecular flexibility index (Phi) is 5.16. The molecule has 2 rings (SSSR count). The Morgan fingerprint density at radius 1 is 1.47 bits per heavy atom. The van der Waals surface area contributed by atoms with Crippen molar-refractivity contribution < 1.29 is 9.47 Å². The van der Waals surface area contributed by atoms with Gasteiger partial charge in [-0.25, -0.2) is 0 Å². The van der Waals surface area contributed by atoms with Crippen LogP contribution in [-0.2, 0) is 11.3 Å². The van der Waals surface area contributed by atoms with E-state index in [0.29, 0.717) is 6.10 Å². The molecule has 0 spiro atoms. The van der Waals surface area contributed by atoms with Gasteiger partial charge in [-0.05, 0) is 39.7 Å². The van der Waals surface area contributed by atoms with Crippen molar-refractivity contribution in [1.29, 1.82) is 0 Å². The zero-order valence-electron chi connectivity index (χ0n) is 12.2. The summed E-state index contributed by atoms with van der Waals surface area (Å²) in [6.07, 6.45) is 5.83.